The summed E-state index contributed by atoms with van der Waals surface area (Å²) in [5.74, 6) is -0.549. The first-order valence-electron chi connectivity index (χ1n) is 8.92. The van der Waals surface area contributed by atoms with Crippen molar-refractivity contribution in [3.05, 3.63) is 82.6 Å². The first-order valence-corrected chi connectivity index (χ1v) is 9.30. The van der Waals surface area contributed by atoms with Crippen LogP contribution >= 0.6 is 11.6 Å². The van der Waals surface area contributed by atoms with Crippen LogP contribution in [-0.2, 0) is 13.0 Å². The molecular formula is C21H15ClF3N3O2. The molecule has 2 aromatic carbocycles. The molecule has 4 rings (SSSR count). The molecule has 0 amide bonds. The Morgan fingerprint density at radius 3 is 2.73 bits per heavy atom. The standard InChI is InChI=1S/C21H15ClF3N3O2/c22-13-6-7-15-16(10-13)28(19(27-15)9-12-3-2-8-26-20(12)23)11-14-17(29)4-1-5-18(14)30-21(24)25/h1-8,10,21,29H,9,11H2. The van der Waals surface area contributed by atoms with Crippen molar-refractivity contribution in [1.82, 2.24) is 14.5 Å². The minimum absolute atomic E-state index is 0.0389. The Morgan fingerprint density at radius 1 is 1.13 bits per heavy atom. The van der Waals surface area contributed by atoms with E-state index in [-0.39, 0.29) is 30.0 Å². The molecule has 5 nitrogen and oxygen atoms in total. The number of hydrogen-bond acceptors (Lipinski definition) is 4. The lowest BCUT2D eigenvalue weighted by atomic mass is 10.1. The van der Waals surface area contributed by atoms with Crippen LogP contribution in [0.15, 0.2) is 54.7 Å². The van der Waals surface area contributed by atoms with Gasteiger partial charge >= 0.3 is 6.61 Å². The van der Waals surface area contributed by atoms with E-state index in [0.717, 1.165) is 0 Å². The topological polar surface area (TPSA) is 60.2 Å². The van der Waals surface area contributed by atoms with Crippen molar-refractivity contribution in [2.75, 3.05) is 0 Å². The lowest BCUT2D eigenvalue weighted by Crippen LogP contribution is -2.10. The van der Waals surface area contributed by atoms with Gasteiger partial charge in [0.25, 0.3) is 0 Å². The van der Waals surface area contributed by atoms with Gasteiger partial charge in [-0.25, -0.2) is 9.97 Å². The number of phenolic OH excluding ortho intramolecular Hbond substituents is 1. The molecule has 0 saturated carbocycles. The lowest BCUT2D eigenvalue weighted by molar-refractivity contribution is -0.0505. The molecule has 0 aliphatic rings. The average Bonchev–Trinajstić information content (AvgIpc) is 3.02. The Bertz CT molecular complexity index is 1210. The molecule has 0 spiro atoms. The van der Waals surface area contributed by atoms with E-state index in [4.69, 9.17) is 11.6 Å². The summed E-state index contributed by atoms with van der Waals surface area (Å²) in [5, 5.41) is 10.7. The summed E-state index contributed by atoms with van der Waals surface area (Å²) >= 11 is 6.14. The molecule has 30 heavy (non-hydrogen) atoms. The highest BCUT2D eigenvalue weighted by Gasteiger charge is 2.19. The van der Waals surface area contributed by atoms with E-state index >= 15 is 0 Å². The SMILES string of the molecule is Oc1cccc(OC(F)F)c1Cn1c(Cc2cccnc2F)nc2ccc(Cl)cc21. The van der Waals surface area contributed by atoms with Crippen molar-refractivity contribution in [3.63, 3.8) is 0 Å². The highest BCUT2D eigenvalue weighted by molar-refractivity contribution is 6.31. The Hall–Kier alpha value is -3.26. The number of fused-ring (bicyclic) bond motifs is 1. The number of rotatable bonds is 6. The molecule has 2 aromatic heterocycles. The molecule has 0 unspecified atom stereocenters. The number of ether oxygens (including phenoxy) is 1. The molecular weight excluding hydrogens is 419 g/mol. The van der Waals surface area contributed by atoms with E-state index in [1.54, 1.807) is 34.9 Å². The number of phenols is 1. The second-order valence-electron chi connectivity index (χ2n) is 6.51. The van der Waals surface area contributed by atoms with Crippen LogP contribution in [0.2, 0.25) is 5.02 Å². The summed E-state index contributed by atoms with van der Waals surface area (Å²) in [5.41, 5.74) is 1.66. The van der Waals surface area contributed by atoms with Gasteiger partial charge in [-0.05, 0) is 36.4 Å². The van der Waals surface area contributed by atoms with Gasteiger partial charge in [0.05, 0.1) is 23.1 Å². The third-order valence-corrected chi connectivity index (χ3v) is 4.85. The summed E-state index contributed by atoms with van der Waals surface area (Å²) in [6, 6.07) is 12.4. The van der Waals surface area contributed by atoms with Crippen LogP contribution in [0, 0.1) is 5.95 Å². The first-order chi connectivity index (χ1) is 14.4. The highest BCUT2D eigenvalue weighted by Crippen LogP contribution is 2.32. The number of halogens is 4. The lowest BCUT2D eigenvalue weighted by Gasteiger charge is -2.15. The van der Waals surface area contributed by atoms with E-state index in [1.165, 1.54) is 24.4 Å². The molecule has 0 aliphatic heterocycles. The molecule has 0 bridgehead atoms. The number of benzene rings is 2. The highest BCUT2D eigenvalue weighted by atomic mass is 35.5. The van der Waals surface area contributed by atoms with Gasteiger partial charge in [0.15, 0.2) is 0 Å². The maximum Gasteiger partial charge on any atom is 0.387 e. The molecule has 9 heteroatoms. The van der Waals surface area contributed by atoms with Crippen LogP contribution in [0.5, 0.6) is 11.5 Å². The quantitative estimate of drug-likeness (QED) is 0.426. The molecule has 1 N–H and O–H groups in total. The first kappa shape index (κ1) is 20.0. The Morgan fingerprint density at radius 2 is 1.97 bits per heavy atom. The molecule has 0 saturated heterocycles. The second kappa shape index (κ2) is 8.23. The number of imidazole rings is 1. The number of aromatic hydroxyl groups is 1. The maximum atomic E-state index is 14.1. The van der Waals surface area contributed by atoms with E-state index in [2.05, 4.69) is 14.7 Å². The molecule has 0 fully saturated rings. The molecule has 0 atom stereocenters. The molecule has 154 valence electrons. The van der Waals surface area contributed by atoms with Gasteiger partial charge in [-0.15, -0.1) is 0 Å². The number of aromatic nitrogens is 3. The zero-order valence-corrected chi connectivity index (χ0v) is 16.2. The summed E-state index contributed by atoms with van der Waals surface area (Å²) in [7, 11) is 0. The van der Waals surface area contributed by atoms with E-state index in [0.29, 0.717) is 27.4 Å². The van der Waals surface area contributed by atoms with Crippen LogP contribution < -0.4 is 4.74 Å². The summed E-state index contributed by atoms with van der Waals surface area (Å²) in [6.45, 7) is -3.09. The minimum atomic E-state index is -3.05. The van der Waals surface area contributed by atoms with Crippen molar-refractivity contribution >= 4 is 22.6 Å². The molecule has 2 heterocycles. The van der Waals surface area contributed by atoms with Crippen molar-refractivity contribution in [2.45, 2.75) is 19.6 Å². The van der Waals surface area contributed by atoms with Crippen molar-refractivity contribution in [1.29, 1.82) is 0 Å². The van der Waals surface area contributed by atoms with Gasteiger partial charge in [-0.3, -0.25) is 0 Å². The van der Waals surface area contributed by atoms with Gasteiger partial charge in [0.2, 0.25) is 5.95 Å². The second-order valence-corrected chi connectivity index (χ2v) is 6.95. The van der Waals surface area contributed by atoms with Crippen LogP contribution in [0.1, 0.15) is 17.0 Å². The number of alkyl halides is 2. The normalized spacial score (nSPS) is 11.4. The fourth-order valence-electron chi connectivity index (χ4n) is 3.26. The minimum Gasteiger partial charge on any atom is -0.507 e. The van der Waals surface area contributed by atoms with E-state index in [1.807, 2.05) is 0 Å². The van der Waals surface area contributed by atoms with Gasteiger partial charge in [-0.1, -0.05) is 23.7 Å². The predicted molar refractivity (Wildman–Crippen MR) is 106 cm³/mol. The van der Waals surface area contributed by atoms with Crippen LogP contribution in [0.3, 0.4) is 0 Å². The Balaban J connectivity index is 1.84. The zero-order valence-electron chi connectivity index (χ0n) is 15.4. The average molecular weight is 434 g/mol. The monoisotopic (exact) mass is 433 g/mol. The van der Waals surface area contributed by atoms with Crippen molar-refractivity contribution in [2.24, 2.45) is 0 Å². The molecule has 4 aromatic rings. The van der Waals surface area contributed by atoms with Gasteiger partial charge in [0.1, 0.15) is 17.3 Å². The smallest absolute Gasteiger partial charge is 0.387 e. The number of pyridine rings is 1. The summed E-state index contributed by atoms with van der Waals surface area (Å²) in [4.78, 5) is 8.20. The van der Waals surface area contributed by atoms with E-state index < -0.39 is 12.6 Å². The fraction of sp³-hybridized carbons (Fsp3) is 0.143. The largest absolute Gasteiger partial charge is 0.507 e. The fourth-order valence-corrected chi connectivity index (χ4v) is 3.42. The predicted octanol–water partition coefficient (Wildman–Crippen LogP) is 5.17. The molecule has 0 aliphatic carbocycles. The molecule has 0 radical (unpaired) electrons. The van der Waals surface area contributed by atoms with Crippen LogP contribution in [0.4, 0.5) is 13.2 Å². The Kier molecular flexibility index (Phi) is 5.50. The maximum absolute atomic E-state index is 14.1. The van der Waals surface area contributed by atoms with Gasteiger partial charge in [-0.2, -0.15) is 13.2 Å². The zero-order chi connectivity index (χ0) is 21.3. The third kappa shape index (κ3) is 4.04. The summed E-state index contributed by atoms with van der Waals surface area (Å²) < 4.78 is 46.0. The summed E-state index contributed by atoms with van der Waals surface area (Å²) in [6.07, 6.45) is 1.45. The Labute approximate surface area is 174 Å². The van der Waals surface area contributed by atoms with Crippen LogP contribution in [0.25, 0.3) is 11.0 Å². The number of hydrogen-bond donors (Lipinski definition) is 1. The van der Waals surface area contributed by atoms with Crippen LogP contribution in [-0.4, -0.2) is 26.3 Å². The third-order valence-electron chi connectivity index (χ3n) is 4.61. The number of nitrogens with zero attached hydrogens (tertiary/aromatic N) is 3. The van der Waals surface area contributed by atoms with Crippen molar-refractivity contribution in [3.8, 4) is 11.5 Å². The van der Waals surface area contributed by atoms with Gasteiger partial charge in [0, 0.05) is 23.2 Å². The van der Waals surface area contributed by atoms with E-state index in [9.17, 15) is 18.3 Å². The van der Waals surface area contributed by atoms with Gasteiger partial charge < -0.3 is 14.4 Å². The van der Waals surface area contributed by atoms with Crippen molar-refractivity contribution < 1.29 is 23.0 Å².